The van der Waals surface area contributed by atoms with E-state index < -0.39 is 87.5 Å². The number of rotatable bonds is 27. The Hall–Kier alpha value is -6.04. The highest BCUT2D eigenvalue weighted by Gasteiger charge is 2.68. The minimum absolute atomic E-state index is 0.000507. The Morgan fingerprint density at radius 3 is 0.597 bits per heavy atom. The predicted octanol–water partition coefficient (Wildman–Crippen LogP) is 26.5. The topological polar surface area (TPSA) is 272 Å². The Balaban J connectivity index is 0.000000133. The van der Waals surface area contributed by atoms with Crippen LogP contribution in [0.1, 0.15) is 418 Å². The smallest absolute Gasteiger partial charge is 0.376 e. The van der Waals surface area contributed by atoms with E-state index in [2.05, 4.69) is 62.3 Å². The highest BCUT2D eigenvalue weighted by molar-refractivity contribution is 5.80. The van der Waals surface area contributed by atoms with Gasteiger partial charge in [-0.15, -0.1) is 0 Å². The van der Waals surface area contributed by atoms with Gasteiger partial charge in [-0.25, -0.2) is 24.0 Å². The number of methoxy groups -OCH3 is 1. The summed E-state index contributed by atoms with van der Waals surface area (Å²) in [4.78, 5) is 123. The van der Waals surface area contributed by atoms with Gasteiger partial charge in [0, 0.05) is 68.8 Å². The third-order valence-electron chi connectivity index (χ3n) is 40.9. The molecule has 10 unspecified atom stereocenters. The third-order valence-corrected chi connectivity index (χ3v) is 40.9. The number of halogens is 10. The highest BCUT2D eigenvalue weighted by Crippen LogP contribution is 2.70. The fraction of sp³-hybridized carbons (Fsp3) is 0.915. The molecule has 20 bridgehead atoms. The van der Waals surface area contributed by atoms with Gasteiger partial charge in [-0.1, -0.05) is 62.3 Å². The van der Waals surface area contributed by atoms with Crippen molar-refractivity contribution < 1.29 is 144 Å². The van der Waals surface area contributed by atoms with Crippen LogP contribution in [0.5, 0.6) is 0 Å². The molecule has 31 heteroatoms. The highest BCUT2D eigenvalue weighted by atomic mass is 19.3. The van der Waals surface area contributed by atoms with E-state index in [4.69, 9.17) is 52.1 Å². The van der Waals surface area contributed by atoms with E-state index in [0.717, 1.165) is 289 Å². The SMILES string of the molecule is CC(C)C1CCC(C(=O)OC23CC4CC(CC(COC(=O)C(C)(F)F)(C4)C2)C3)CC1.CC(F)(F)C(=O)OCC12CC3CC(C1)CC(OC(=O)C1CCC(C(C)(C)C)CC1)(C3)C2.CC(F)(F)C(=O)OCC12CC3CC(C1)CC(OC(=O)C1CCC(C(C)(C)C)CC1)(C3)C2.CC1CCC(C(=O)OC23CC4CC(CC(COC(=O)C(C)(F)F)(C4)C2)C3)CC1.COC1CCC(C(=O)OC23CC4CC(CC(COC(=O)C(C)(F)F)(C4)C2)C3)CC1. The molecule has 25 fully saturated rings. The summed E-state index contributed by atoms with van der Waals surface area (Å²) in [6.45, 7) is 23.3. The van der Waals surface area contributed by atoms with E-state index in [1.165, 1.54) is 0 Å². The maximum absolute atomic E-state index is 13.3. The van der Waals surface area contributed by atoms with E-state index in [0.29, 0.717) is 155 Å². The quantitative estimate of drug-likeness (QED) is 0.0420. The van der Waals surface area contributed by atoms with Crippen molar-refractivity contribution in [2.45, 2.75) is 482 Å². The van der Waals surface area contributed by atoms with Crippen LogP contribution >= 0.6 is 0 Å². The van der Waals surface area contributed by atoms with Crippen LogP contribution in [0.4, 0.5) is 43.9 Å². The lowest BCUT2D eigenvalue weighted by molar-refractivity contribution is -0.218. The zero-order valence-corrected chi connectivity index (χ0v) is 91.9. The minimum atomic E-state index is -3.48. The lowest BCUT2D eigenvalue weighted by Gasteiger charge is -2.61. The molecule has 0 saturated heterocycles. The van der Waals surface area contributed by atoms with Gasteiger partial charge < -0.3 is 52.1 Å². The molecule has 21 nitrogen and oxygen atoms in total. The van der Waals surface area contributed by atoms with E-state index in [-0.39, 0.29) is 136 Å². The van der Waals surface area contributed by atoms with Crippen molar-refractivity contribution in [2.75, 3.05) is 40.1 Å². The van der Waals surface area contributed by atoms with E-state index >= 15 is 0 Å². The summed E-state index contributed by atoms with van der Waals surface area (Å²) >= 11 is 0. The summed E-state index contributed by atoms with van der Waals surface area (Å²) in [7, 11) is 1.71. The average Bonchev–Trinajstić information content (AvgIpc) is 0.734. The summed E-state index contributed by atoms with van der Waals surface area (Å²) in [5.41, 5.74) is -3.55. The molecule has 25 aliphatic rings. The van der Waals surface area contributed by atoms with Gasteiger partial charge in [0.05, 0.1) is 68.7 Å². The van der Waals surface area contributed by atoms with Gasteiger partial charge >= 0.3 is 89.3 Å². The number of hydrogen-bond acceptors (Lipinski definition) is 21. The second-order valence-corrected chi connectivity index (χ2v) is 57.0. The Morgan fingerprint density at radius 2 is 0.430 bits per heavy atom. The Labute approximate surface area is 877 Å². The van der Waals surface area contributed by atoms with Crippen LogP contribution in [-0.4, -0.2) is 164 Å². The Morgan fingerprint density at radius 1 is 0.255 bits per heavy atom. The van der Waals surface area contributed by atoms with Crippen LogP contribution in [0.2, 0.25) is 0 Å². The summed E-state index contributed by atoms with van der Waals surface area (Å²) in [5.74, 6) is -17.6. The van der Waals surface area contributed by atoms with Gasteiger partial charge in [0.2, 0.25) is 0 Å². The van der Waals surface area contributed by atoms with Crippen LogP contribution in [0.3, 0.4) is 0 Å². The van der Waals surface area contributed by atoms with Crippen molar-refractivity contribution in [2.24, 2.45) is 156 Å². The average molecular weight is 2120 g/mol. The molecular formula is C118H176F10O21. The third kappa shape index (κ3) is 27.7. The number of carbonyl (C=O) groups excluding carboxylic acids is 10. The lowest BCUT2D eigenvalue weighted by atomic mass is 9.48. The molecule has 0 spiro atoms. The largest absolute Gasteiger partial charge is 0.461 e. The van der Waals surface area contributed by atoms with Crippen molar-refractivity contribution in [3.05, 3.63) is 0 Å². The first-order valence-corrected chi connectivity index (χ1v) is 57.7. The predicted molar refractivity (Wildman–Crippen MR) is 532 cm³/mol. The Bertz CT molecular complexity index is 4540. The van der Waals surface area contributed by atoms with Crippen molar-refractivity contribution in [1.29, 1.82) is 0 Å². The zero-order chi connectivity index (χ0) is 108. The molecule has 0 aromatic carbocycles. The molecule has 25 saturated carbocycles. The molecule has 0 amide bonds. The van der Waals surface area contributed by atoms with Gasteiger partial charge in [0.25, 0.3) is 0 Å². The van der Waals surface area contributed by atoms with E-state index in [9.17, 15) is 91.8 Å². The van der Waals surface area contributed by atoms with Crippen LogP contribution < -0.4 is 0 Å². The molecule has 844 valence electrons. The Kier molecular flexibility index (Phi) is 33.6. The maximum Gasteiger partial charge on any atom is 0.376 e. The zero-order valence-electron chi connectivity index (χ0n) is 91.9. The fourth-order valence-electron chi connectivity index (χ4n) is 35.9. The van der Waals surface area contributed by atoms with Crippen molar-refractivity contribution in [3.63, 3.8) is 0 Å². The van der Waals surface area contributed by atoms with Crippen molar-refractivity contribution in [3.8, 4) is 0 Å². The number of ether oxygens (including phenoxy) is 11. The monoisotopic (exact) mass is 2120 g/mol. The van der Waals surface area contributed by atoms with E-state index in [1.54, 1.807) is 7.11 Å². The van der Waals surface area contributed by atoms with E-state index in [1.807, 2.05) is 0 Å². The number of alkyl halides is 10. The molecule has 0 aromatic rings. The molecule has 0 N–H and O–H groups in total. The first kappa shape index (κ1) is 115. The van der Waals surface area contributed by atoms with Gasteiger partial charge in [0.1, 0.15) is 28.0 Å². The first-order chi connectivity index (χ1) is 69.3. The number of hydrogen-bond donors (Lipinski definition) is 0. The van der Waals surface area contributed by atoms with Crippen molar-refractivity contribution >= 4 is 59.7 Å². The molecule has 0 aromatic heterocycles. The minimum Gasteiger partial charge on any atom is -0.461 e. The molecule has 25 rings (SSSR count). The lowest BCUT2D eigenvalue weighted by Crippen LogP contribution is -2.59. The summed E-state index contributed by atoms with van der Waals surface area (Å²) in [6, 6.07) is 0. The molecule has 0 radical (unpaired) electrons. The molecular weight excluding hydrogens is 1940 g/mol. The van der Waals surface area contributed by atoms with Crippen LogP contribution in [0, 0.1) is 156 Å². The summed E-state index contributed by atoms with van der Waals surface area (Å²) in [5, 5.41) is 0. The molecule has 149 heavy (non-hydrogen) atoms. The summed E-state index contributed by atoms with van der Waals surface area (Å²) < 4.78 is 194. The molecule has 25 aliphatic carbocycles. The van der Waals surface area contributed by atoms with Gasteiger partial charge in [-0.2, -0.15) is 43.9 Å². The number of carbonyl (C=O) groups is 10. The molecule has 0 aliphatic heterocycles. The fourth-order valence-corrected chi connectivity index (χ4v) is 35.9. The number of esters is 10. The van der Waals surface area contributed by atoms with Crippen LogP contribution in [0.15, 0.2) is 0 Å². The standard InChI is InChI=1S/2C25H38F2O4.C24H36F2O4.C22H32F2O5.C22H32F2O4/c2*1-22(2,3)19-7-5-18(6-8-19)20(28)31-25-12-16-9-17(13-25)11-24(10-16,14-25)15-30-21(29)23(4,26)27;1-15(2)18-4-6-19(7-5-18)20(27)30-24-11-16-8-17(12-24)10-23(9-16,13-24)14-29-21(28)22(3,25)26;1-20(23,24)19(26)28-13-21-8-14-7-15(9-21)11-22(10-14,12-21)29-18(25)16-3-5-17(27-2)6-4-16;1-14-3-5-17(6-4-14)18(25)28-22-10-15-7-16(11-22)9-21(8-15,12-22)13-27-19(26)20(2,23)24/h2*16-19H,5-15H2,1-4H3;15-19H,4-14H2,1-3H3;14-17H,3-13H2,1-2H3;14-17H,3-13H2,1-2H3. The second kappa shape index (κ2) is 43.4. The second-order valence-electron chi connectivity index (χ2n) is 57.0. The van der Waals surface area contributed by atoms with Gasteiger partial charge in [-0.3, -0.25) is 24.0 Å². The normalized spacial score (nSPS) is 40.7. The van der Waals surface area contributed by atoms with Crippen LogP contribution in [-0.2, 0) is 100 Å². The maximum atomic E-state index is 13.3. The summed E-state index contributed by atoms with van der Waals surface area (Å²) in [6.07, 6.45) is 45.4. The van der Waals surface area contributed by atoms with Crippen LogP contribution in [0.25, 0.3) is 0 Å². The molecule has 0 heterocycles. The first-order valence-electron chi connectivity index (χ1n) is 57.7. The van der Waals surface area contributed by atoms with Gasteiger partial charge in [0.15, 0.2) is 0 Å². The van der Waals surface area contributed by atoms with Crippen molar-refractivity contribution in [1.82, 2.24) is 0 Å². The van der Waals surface area contributed by atoms with Gasteiger partial charge in [-0.05, 0) is 421 Å². The molecule has 10 atom stereocenters.